The summed E-state index contributed by atoms with van der Waals surface area (Å²) in [6.45, 7) is 3.37. The van der Waals surface area contributed by atoms with Gasteiger partial charge in [0, 0.05) is 37.6 Å². The topological polar surface area (TPSA) is 49.4 Å². The van der Waals surface area contributed by atoms with Crippen molar-refractivity contribution in [1.29, 1.82) is 0 Å². The van der Waals surface area contributed by atoms with Crippen LogP contribution < -0.4 is 15.6 Å². The van der Waals surface area contributed by atoms with E-state index in [1.165, 1.54) is 24.1 Å². The molecule has 25 heavy (non-hydrogen) atoms. The number of likely N-dealkylation sites (tertiary alicyclic amines) is 1. The minimum absolute atomic E-state index is 0.380. The maximum atomic E-state index is 5.25. The Balaban J connectivity index is 1.31. The SMILES string of the molecule is COc1ccc(C2CC(C3CCN(Cc4ccncc4)C3)NN2)cc1. The number of benzene rings is 1. The first-order valence-corrected chi connectivity index (χ1v) is 9.08. The number of nitrogens with zero attached hydrogens (tertiary/aromatic N) is 2. The van der Waals surface area contributed by atoms with Crippen molar-refractivity contribution in [2.45, 2.75) is 31.5 Å². The highest BCUT2D eigenvalue weighted by Crippen LogP contribution is 2.31. The maximum Gasteiger partial charge on any atom is 0.118 e. The zero-order chi connectivity index (χ0) is 17.1. The molecular weight excluding hydrogens is 312 g/mol. The highest BCUT2D eigenvalue weighted by atomic mass is 16.5. The van der Waals surface area contributed by atoms with Gasteiger partial charge in [0.1, 0.15) is 5.75 Å². The Morgan fingerprint density at radius 3 is 2.68 bits per heavy atom. The van der Waals surface area contributed by atoms with Gasteiger partial charge in [0.2, 0.25) is 0 Å². The fourth-order valence-corrected chi connectivity index (χ4v) is 4.03. The van der Waals surface area contributed by atoms with Crippen LogP contribution in [0, 0.1) is 5.92 Å². The third-order valence-corrected chi connectivity index (χ3v) is 5.48. The molecule has 5 heteroatoms. The normalized spacial score (nSPS) is 26.8. The minimum Gasteiger partial charge on any atom is -0.497 e. The molecule has 1 aromatic carbocycles. The molecule has 0 amide bonds. The summed E-state index contributed by atoms with van der Waals surface area (Å²) >= 11 is 0. The van der Waals surface area contributed by atoms with E-state index in [9.17, 15) is 0 Å². The molecule has 5 nitrogen and oxygen atoms in total. The van der Waals surface area contributed by atoms with E-state index >= 15 is 0 Å². The number of pyridine rings is 1. The summed E-state index contributed by atoms with van der Waals surface area (Å²) in [7, 11) is 1.71. The number of methoxy groups -OCH3 is 1. The van der Waals surface area contributed by atoms with E-state index in [0.29, 0.717) is 18.0 Å². The van der Waals surface area contributed by atoms with Crippen LogP contribution in [0.2, 0.25) is 0 Å². The van der Waals surface area contributed by atoms with E-state index in [2.05, 4.69) is 45.0 Å². The van der Waals surface area contributed by atoms with Crippen molar-refractivity contribution in [2.24, 2.45) is 5.92 Å². The van der Waals surface area contributed by atoms with Crippen LogP contribution in [0.4, 0.5) is 0 Å². The second kappa shape index (κ2) is 7.52. The molecule has 2 aliphatic heterocycles. The van der Waals surface area contributed by atoms with Crippen LogP contribution in [0.25, 0.3) is 0 Å². The standard InChI is InChI=1S/C20H26N4O/c1-25-18-4-2-16(3-5-18)19-12-20(23-22-19)17-8-11-24(14-17)13-15-6-9-21-10-7-15/h2-7,9-10,17,19-20,22-23H,8,11-14H2,1H3. The monoisotopic (exact) mass is 338 g/mol. The van der Waals surface area contributed by atoms with Crippen molar-refractivity contribution >= 4 is 0 Å². The van der Waals surface area contributed by atoms with Crippen LogP contribution in [0.3, 0.4) is 0 Å². The number of rotatable bonds is 5. The molecule has 2 aromatic rings. The van der Waals surface area contributed by atoms with Gasteiger partial charge in [0.15, 0.2) is 0 Å². The molecule has 3 unspecified atom stereocenters. The van der Waals surface area contributed by atoms with E-state index in [0.717, 1.165) is 25.3 Å². The summed E-state index contributed by atoms with van der Waals surface area (Å²) in [5.41, 5.74) is 9.70. The lowest BCUT2D eigenvalue weighted by Crippen LogP contribution is -2.37. The number of nitrogens with one attached hydrogen (secondary N) is 2. The molecule has 0 bridgehead atoms. The van der Waals surface area contributed by atoms with Gasteiger partial charge in [0.25, 0.3) is 0 Å². The van der Waals surface area contributed by atoms with E-state index in [1.807, 2.05) is 24.5 Å². The summed E-state index contributed by atoms with van der Waals surface area (Å²) in [6.07, 6.45) is 6.16. The van der Waals surface area contributed by atoms with Crippen molar-refractivity contribution in [3.8, 4) is 5.75 Å². The second-order valence-corrected chi connectivity index (χ2v) is 7.10. The van der Waals surface area contributed by atoms with Crippen molar-refractivity contribution in [2.75, 3.05) is 20.2 Å². The molecule has 3 atom stereocenters. The van der Waals surface area contributed by atoms with E-state index in [1.54, 1.807) is 7.11 Å². The molecule has 0 spiro atoms. The first-order chi connectivity index (χ1) is 12.3. The van der Waals surface area contributed by atoms with E-state index in [4.69, 9.17) is 4.74 Å². The van der Waals surface area contributed by atoms with Crippen molar-refractivity contribution in [3.05, 3.63) is 59.9 Å². The fourth-order valence-electron chi connectivity index (χ4n) is 4.03. The second-order valence-electron chi connectivity index (χ2n) is 7.10. The van der Waals surface area contributed by atoms with Crippen molar-refractivity contribution in [1.82, 2.24) is 20.7 Å². The van der Waals surface area contributed by atoms with Crippen molar-refractivity contribution < 1.29 is 4.74 Å². The lowest BCUT2D eigenvalue weighted by molar-refractivity contribution is 0.297. The largest absolute Gasteiger partial charge is 0.497 e. The maximum absolute atomic E-state index is 5.25. The third-order valence-electron chi connectivity index (χ3n) is 5.48. The van der Waals surface area contributed by atoms with E-state index < -0.39 is 0 Å². The molecule has 3 heterocycles. The van der Waals surface area contributed by atoms with Gasteiger partial charge >= 0.3 is 0 Å². The van der Waals surface area contributed by atoms with Crippen molar-refractivity contribution in [3.63, 3.8) is 0 Å². The molecule has 132 valence electrons. The van der Waals surface area contributed by atoms with Gasteiger partial charge in [-0.25, -0.2) is 0 Å². The molecule has 1 aromatic heterocycles. The molecule has 2 saturated heterocycles. The lowest BCUT2D eigenvalue weighted by atomic mass is 9.93. The summed E-state index contributed by atoms with van der Waals surface area (Å²) in [4.78, 5) is 6.66. The number of hydrazine groups is 1. The van der Waals surface area contributed by atoms with Gasteiger partial charge in [-0.3, -0.25) is 20.7 Å². The predicted octanol–water partition coefficient (Wildman–Crippen LogP) is 2.52. The molecule has 4 rings (SSSR count). The Morgan fingerprint density at radius 2 is 1.92 bits per heavy atom. The zero-order valence-electron chi connectivity index (χ0n) is 14.7. The summed E-state index contributed by atoms with van der Waals surface area (Å²) < 4.78 is 5.25. The third kappa shape index (κ3) is 3.84. The average Bonchev–Trinajstić information content (AvgIpc) is 3.32. The van der Waals surface area contributed by atoms with Crippen LogP contribution in [0.15, 0.2) is 48.8 Å². The fraction of sp³-hybridized carbons (Fsp3) is 0.450. The van der Waals surface area contributed by atoms with Gasteiger partial charge in [-0.15, -0.1) is 0 Å². The van der Waals surface area contributed by atoms with Gasteiger partial charge in [0.05, 0.1) is 7.11 Å². The number of hydrogen-bond acceptors (Lipinski definition) is 5. The van der Waals surface area contributed by atoms with Crippen LogP contribution in [-0.2, 0) is 6.54 Å². The van der Waals surface area contributed by atoms with Gasteiger partial charge in [-0.05, 0) is 60.7 Å². The number of aromatic nitrogens is 1. The molecule has 2 fully saturated rings. The molecule has 0 aliphatic carbocycles. The Labute approximate surface area is 149 Å². The highest BCUT2D eigenvalue weighted by Gasteiger charge is 2.35. The zero-order valence-corrected chi connectivity index (χ0v) is 14.7. The molecule has 0 saturated carbocycles. The summed E-state index contributed by atoms with van der Waals surface area (Å²) in [5, 5.41) is 0. The smallest absolute Gasteiger partial charge is 0.118 e. The number of ether oxygens (including phenoxy) is 1. The molecular formula is C20H26N4O. The minimum atomic E-state index is 0.380. The Morgan fingerprint density at radius 1 is 1.12 bits per heavy atom. The lowest BCUT2D eigenvalue weighted by Gasteiger charge is -2.19. The molecule has 2 N–H and O–H groups in total. The average molecular weight is 338 g/mol. The Kier molecular flexibility index (Phi) is 4.97. The molecule has 0 radical (unpaired) electrons. The van der Waals surface area contributed by atoms with Gasteiger partial charge < -0.3 is 4.74 Å². The first-order valence-electron chi connectivity index (χ1n) is 9.08. The number of hydrogen-bond donors (Lipinski definition) is 2. The van der Waals surface area contributed by atoms with Crippen LogP contribution >= 0.6 is 0 Å². The van der Waals surface area contributed by atoms with Gasteiger partial charge in [-0.1, -0.05) is 12.1 Å². The van der Waals surface area contributed by atoms with E-state index in [-0.39, 0.29) is 0 Å². The molecule has 2 aliphatic rings. The Hall–Kier alpha value is -1.95. The van der Waals surface area contributed by atoms with Crippen LogP contribution in [0.1, 0.15) is 30.0 Å². The highest BCUT2D eigenvalue weighted by molar-refractivity contribution is 5.29. The predicted molar refractivity (Wildman–Crippen MR) is 98.0 cm³/mol. The Bertz CT molecular complexity index is 676. The first kappa shape index (κ1) is 16.5. The summed E-state index contributed by atoms with van der Waals surface area (Å²) in [6, 6.07) is 13.5. The quantitative estimate of drug-likeness (QED) is 0.877. The van der Waals surface area contributed by atoms with Crippen LogP contribution in [0.5, 0.6) is 5.75 Å². The summed E-state index contributed by atoms with van der Waals surface area (Å²) in [5.74, 6) is 1.62. The van der Waals surface area contributed by atoms with Gasteiger partial charge in [-0.2, -0.15) is 0 Å². The van der Waals surface area contributed by atoms with Crippen LogP contribution in [-0.4, -0.2) is 36.1 Å².